The lowest BCUT2D eigenvalue weighted by Crippen LogP contribution is -2.52. The van der Waals surface area contributed by atoms with Gasteiger partial charge in [0.25, 0.3) is 0 Å². The predicted molar refractivity (Wildman–Crippen MR) is 193 cm³/mol. The molecule has 0 radical (unpaired) electrons. The summed E-state index contributed by atoms with van der Waals surface area (Å²) in [5.41, 5.74) is 4.05. The van der Waals surface area contributed by atoms with Gasteiger partial charge in [-0.3, -0.25) is 14.4 Å². The quantitative estimate of drug-likeness (QED) is 0.219. The molecule has 0 saturated heterocycles. The Balaban J connectivity index is 1.21. The number of aromatic nitrogens is 2. The highest BCUT2D eigenvalue weighted by Gasteiger charge is 2.35. The van der Waals surface area contributed by atoms with E-state index in [9.17, 15) is 28.0 Å². The third-order valence-corrected chi connectivity index (χ3v) is 10.8. The van der Waals surface area contributed by atoms with Gasteiger partial charge in [0.05, 0.1) is 72.3 Å². The lowest BCUT2D eigenvalue weighted by atomic mass is 9.81. The fourth-order valence-electron chi connectivity index (χ4n) is 8.10. The third kappa shape index (κ3) is 7.82. The number of alkyl halides is 3. The maximum absolute atomic E-state index is 14.1. The molecule has 6 rings (SSSR count). The molecule has 1 saturated carbocycles. The number of quaternary nitrogens is 1. The summed E-state index contributed by atoms with van der Waals surface area (Å²) in [7, 11) is 4.69. The van der Waals surface area contributed by atoms with Crippen LogP contribution in [0, 0.1) is 30.1 Å². The molecule has 1 fully saturated rings. The molecule has 1 unspecified atom stereocenters. The van der Waals surface area contributed by atoms with Crippen molar-refractivity contribution in [2.75, 3.05) is 32.2 Å². The summed E-state index contributed by atoms with van der Waals surface area (Å²) in [5.74, 6) is 0.686. The van der Waals surface area contributed by atoms with Crippen LogP contribution in [0.25, 0.3) is 11.4 Å². The first-order chi connectivity index (χ1) is 24.4. The highest BCUT2D eigenvalue weighted by Crippen LogP contribution is 2.35. The molecule has 0 bridgehead atoms. The average molecular weight is 700 g/mol. The second-order valence-corrected chi connectivity index (χ2v) is 14.6. The number of halogens is 3. The average Bonchev–Trinajstić information content (AvgIpc) is 3.70. The number of allylic oxidation sites excluding steroid dienone is 3. The van der Waals surface area contributed by atoms with Crippen molar-refractivity contribution >= 4 is 17.3 Å². The van der Waals surface area contributed by atoms with Crippen molar-refractivity contribution in [3.63, 3.8) is 0 Å². The number of carbonyl (C=O) groups excluding carboxylic acids is 1. The number of benzene rings is 2. The summed E-state index contributed by atoms with van der Waals surface area (Å²) < 4.78 is 44.5. The van der Waals surface area contributed by atoms with Crippen LogP contribution >= 0.6 is 0 Å². The summed E-state index contributed by atoms with van der Waals surface area (Å²) in [6.45, 7) is 3.17. The minimum Gasteiger partial charge on any atom is -0.326 e. The van der Waals surface area contributed by atoms with Crippen molar-refractivity contribution in [2.45, 2.75) is 70.5 Å². The molecular formula is C40H46F3N6O2+. The van der Waals surface area contributed by atoms with Gasteiger partial charge in [-0.1, -0.05) is 30.4 Å². The van der Waals surface area contributed by atoms with Crippen LogP contribution in [0.3, 0.4) is 0 Å². The number of imidazole rings is 1. The fourth-order valence-corrected chi connectivity index (χ4v) is 8.10. The predicted octanol–water partition coefficient (Wildman–Crippen LogP) is 7.78. The summed E-state index contributed by atoms with van der Waals surface area (Å²) in [4.78, 5) is 28.2. The lowest BCUT2D eigenvalue weighted by molar-refractivity contribution is -0.919. The summed E-state index contributed by atoms with van der Waals surface area (Å²) in [6, 6.07) is 14.2. The van der Waals surface area contributed by atoms with Crippen LogP contribution in [0.2, 0.25) is 0 Å². The number of hydrazine groups is 1. The molecule has 1 aromatic heterocycles. The molecule has 1 atom stereocenters. The molecule has 1 N–H and O–H groups in total. The molecule has 0 amide bonds. The number of rotatable bonds is 10. The van der Waals surface area contributed by atoms with Crippen molar-refractivity contribution in [1.82, 2.24) is 14.6 Å². The minimum atomic E-state index is -4.60. The van der Waals surface area contributed by atoms with E-state index >= 15 is 0 Å². The Hall–Kier alpha value is -4.66. The van der Waals surface area contributed by atoms with Crippen LogP contribution < -0.4 is 16.1 Å². The molecule has 51 heavy (non-hydrogen) atoms. The van der Waals surface area contributed by atoms with Crippen LogP contribution in [0.1, 0.15) is 78.7 Å². The normalized spacial score (nSPS) is 20.8. The Morgan fingerprint density at radius 3 is 2.45 bits per heavy atom. The minimum absolute atomic E-state index is 0.0330. The van der Waals surface area contributed by atoms with Gasteiger partial charge in [-0.25, -0.2) is 14.8 Å². The van der Waals surface area contributed by atoms with Gasteiger partial charge < -0.3 is 4.48 Å². The summed E-state index contributed by atoms with van der Waals surface area (Å²) >= 11 is 0. The largest absolute Gasteiger partial charge is 0.416 e. The van der Waals surface area contributed by atoms with Gasteiger partial charge in [0.1, 0.15) is 0 Å². The number of hydrogen-bond acceptors (Lipinski definition) is 5. The second kappa shape index (κ2) is 14.9. The van der Waals surface area contributed by atoms with Gasteiger partial charge in [-0.05, 0) is 106 Å². The van der Waals surface area contributed by atoms with E-state index in [0.29, 0.717) is 59.2 Å². The fraction of sp³-hybridized carbons (Fsp3) is 0.425. The number of nitrogens with one attached hydrogen (secondary N) is 1. The van der Waals surface area contributed by atoms with Crippen molar-refractivity contribution in [3.05, 3.63) is 112 Å². The first kappa shape index (κ1) is 36.1. The lowest BCUT2D eigenvalue weighted by Gasteiger charge is -2.43. The van der Waals surface area contributed by atoms with E-state index < -0.39 is 23.3 Å². The van der Waals surface area contributed by atoms with E-state index in [2.05, 4.69) is 49.9 Å². The van der Waals surface area contributed by atoms with E-state index in [-0.39, 0.29) is 12.1 Å². The van der Waals surface area contributed by atoms with E-state index in [1.165, 1.54) is 16.7 Å². The molecule has 2 aromatic carbocycles. The maximum atomic E-state index is 14.1. The van der Waals surface area contributed by atoms with Crippen molar-refractivity contribution in [2.24, 2.45) is 11.8 Å². The molecule has 8 nitrogen and oxygen atoms in total. The maximum Gasteiger partial charge on any atom is 0.416 e. The Morgan fingerprint density at radius 1 is 1.04 bits per heavy atom. The van der Waals surface area contributed by atoms with E-state index in [1.807, 2.05) is 6.08 Å². The van der Waals surface area contributed by atoms with E-state index in [0.717, 1.165) is 66.3 Å². The van der Waals surface area contributed by atoms with Gasteiger partial charge in [0.2, 0.25) is 5.91 Å². The number of carbonyl (C=O) groups is 1. The molecule has 3 aliphatic rings. The molecule has 11 heteroatoms. The van der Waals surface area contributed by atoms with Gasteiger partial charge in [0, 0.05) is 18.9 Å². The highest BCUT2D eigenvalue weighted by atomic mass is 19.4. The second-order valence-electron chi connectivity index (χ2n) is 14.6. The smallest absolute Gasteiger partial charge is 0.326 e. The van der Waals surface area contributed by atoms with Gasteiger partial charge in [0.15, 0.2) is 0 Å². The number of nitriles is 1. The van der Waals surface area contributed by atoms with E-state index in [1.54, 1.807) is 36.2 Å². The first-order valence-electron chi connectivity index (χ1n) is 17.8. The van der Waals surface area contributed by atoms with Crippen LogP contribution in [0.15, 0.2) is 83.7 Å². The van der Waals surface area contributed by atoms with Gasteiger partial charge >= 0.3 is 11.9 Å². The monoisotopic (exact) mass is 699 g/mol. The highest BCUT2D eigenvalue weighted by molar-refractivity contribution is 5.88. The summed E-state index contributed by atoms with van der Waals surface area (Å²) in [6.07, 6.45) is 13.3. The molecule has 3 aromatic rings. The molecule has 268 valence electrons. The Kier molecular flexibility index (Phi) is 10.6. The first-order valence-corrected chi connectivity index (χ1v) is 17.8. The van der Waals surface area contributed by atoms with Crippen LogP contribution in [-0.2, 0) is 6.18 Å². The Bertz CT molecular complexity index is 1940. The van der Waals surface area contributed by atoms with Crippen molar-refractivity contribution in [3.8, 4) is 11.8 Å². The Morgan fingerprint density at radius 2 is 1.78 bits per heavy atom. The zero-order valence-corrected chi connectivity index (χ0v) is 29.5. The molecule has 0 spiro atoms. The zero-order valence-electron chi connectivity index (χ0n) is 29.5. The summed E-state index contributed by atoms with van der Waals surface area (Å²) in [5, 5.41) is 11.0. The molecule has 2 heterocycles. The van der Waals surface area contributed by atoms with Gasteiger partial charge in [-0.2, -0.15) is 18.4 Å². The number of nitrogens with zero attached hydrogens (tertiary/aromatic N) is 5. The SMILES string of the molecule is Cc1c(C2=CCNN2c2ccc(C#N)cc2)n(C(=O)CCC[C@H]2CC[C@@H]([N+](C)(C)CC3C=CC=CC3)CC2)c(=O)n1-c1cccc(C(F)(F)F)c1. The Labute approximate surface area is 297 Å². The van der Waals surface area contributed by atoms with Crippen molar-refractivity contribution < 1.29 is 22.4 Å². The van der Waals surface area contributed by atoms with Crippen LogP contribution in [0.5, 0.6) is 0 Å². The molecule has 2 aliphatic carbocycles. The number of hydrogen-bond donors (Lipinski definition) is 1. The molecular weight excluding hydrogens is 653 g/mol. The van der Waals surface area contributed by atoms with Crippen molar-refractivity contribution in [1.29, 1.82) is 5.26 Å². The third-order valence-electron chi connectivity index (χ3n) is 10.8. The topological polar surface area (TPSA) is 83.1 Å². The zero-order chi connectivity index (χ0) is 36.3. The van der Waals surface area contributed by atoms with E-state index in [4.69, 9.17) is 0 Å². The standard InChI is InChI=1S/C40H46F3N6O2/c1-28-38(36-23-24-45-48(36)33-19-15-30(26-44)16-20-33)47(39(51)46(28)34-13-8-12-32(25-34)40(41,42)43)37(50)14-7-11-29-17-21-35(22-18-29)49(2,3)27-31-9-5-4-6-10-31/h4-6,8-9,12-13,15-16,19-20,23,25,29,31,35,45H,7,10-11,14,17-18,21-22,24,27H2,1-3H3/q+1/t29-,31?,35+. The van der Waals surface area contributed by atoms with Gasteiger partial charge in [-0.15, -0.1) is 0 Å². The molecule has 1 aliphatic heterocycles. The van der Waals surface area contributed by atoms with Crippen LogP contribution in [0.4, 0.5) is 18.9 Å². The number of anilines is 1. The van der Waals surface area contributed by atoms with Crippen LogP contribution in [-0.4, -0.2) is 52.8 Å².